The molecular formula is C14H22N2. The first-order valence-corrected chi connectivity index (χ1v) is 6.39. The van der Waals surface area contributed by atoms with E-state index in [9.17, 15) is 0 Å². The van der Waals surface area contributed by atoms with E-state index < -0.39 is 0 Å². The fraction of sp³-hybridized carbons (Fsp3) is 0.571. The van der Waals surface area contributed by atoms with Crippen LogP contribution in [0.3, 0.4) is 0 Å². The molecule has 2 heteroatoms. The van der Waals surface area contributed by atoms with Gasteiger partial charge in [0.2, 0.25) is 0 Å². The minimum atomic E-state index is 0.575. The molecule has 1 aliphatic heterocycles. The molecule has 0 radical (unpaired) electrons. The van der Waals surface area contributed by atoms with Crippen molar-refractivity contribution in [1.82, 2.24) is 5.32 Å². The number of anilines is 1. The minimum absolute atomic E-state index is 0.575. The van der Waals surface area contributed by atoms with Gasteiger partial charge >= 0.3 is 0 Å². The second-order valence-electron chi connectivity index (χ2n) is 4.70. The number of benzene rings is 1. The maximum Gasteiger partial charge on any atom is 0.0378 e. The number of nitrogens with one attached hydrogen (secondary N) is 2. The molecular weight excluding hydrogens is 196 g/mol. The maximum atomic E-state index is 3.64. The van der Waals surface area contributed by atoms with Crippen molar-refractivity contribution in [2.45, 2.75) is 45.7 Å². The van der Waals surface area contributed by atoms with Gasteiger partial charge in [-0.15, -0.1) is 0 Å². The number of fused-ring (bicyclic) bond motifs is 1. The predicted molar refractivity (Wildman–Crippen MR) is 69.8 cm³/mol. The number of rotatable bonds is 4. The van der Waals surface area contributed by atoms with Crippen LogP contribution in [0.15, 0.2) is 18.2 Å². The molecule has 1 heterocycles. The Bertz CT molecular complexity index is 347. The molecule has 0 aromatic heterocycles. The van der Waals surface area contributed by atoms with E-state index in [1.807, 2.05) is 0 Å². The SMILES string of the molecule is CCCC(C)Nc1cccc2c1CCNC2. The quantitative estimate of drug-likeness (QED) is 0.812. The zero-order valence-corrected chi connectivity index (χ0v) is 10.3. The van der Waals surface area contributed by atoms with E-state index in [2.05, 4.69) is 42.7 Å². The van der Waals surface area contributed by atoms with Crippen LogP contribution in [-0.4, -0.2) is 12.6 Å². The summed E-state index contributed by atoms with van der Waals surface area (Å²) in [7, 11) is 0. The van der Waals surface area contributed by atoms with Crippen LogP contribution in [0, 0.1) is 0 Å². The van der Waals surface area contributed by atoms with Gasteiger partial charge in [-0.2, -0.15) is 0 Å². The third-order valence-corrected chi connectivity index (χ3v) is 3.26. The van der Waals surface area contributed by atoms with E-state index >= 15 is 0 Å². The van der Waals surface area contributed by atoms with Crippen LogP contribution in [0.25, 0.3) is 0 Å². The summed E-state index contributed by atoms with van der Waals surface area (Å²) < 4.78 is 0. The fourth-order valence-electron chi connectivity index (χ4n) is 2.44. The molecule has 1 aliphatic rings. The Labute approximate surface area is 98.4 Å². The van der Waals surface area contributed by atoms with E-state index in [0.717, 1.165) is 19.5 Å². The highest BCUT2D eigenvalue weighted by atomic mass is 14.9. The van der Waals surface area contributed by atoms with Gasteiger partial charge in [-0.25, -0.2) is 0 Å². The highest BCUT2D eigenvalue weighted by Crippen LogP contribution is 2.24. The molecule has 1 aromatic rings. The highest BCUT2D eigenvalue weighted by molar-refractivity contribution is 5.56. The molecule has 2 rings (SSSR count). The standard InChI is InChI=1S/C14H22N2/c1-3-5-11(2)16-14-7-4-6-12-10-15-9-8-13(12)14/h4,6-7,11,15-16H,3,5,8-10H2,1-2H3. The van der Waals surface area contributed by atoms with Crippen molar-refractivity contribution in [3.05, 3.63) is 29.3 Å². The van der Waals surface area contributed by atoms with Gasteiger partial charge in [-0.05, 0) is 43.5 Å². The van der Waals surface area contributed by atoms with Gasteiger partial charge in [0.15, 0.2) is 0 Å². The first kappa shape index (κ1) is 11.5. The highest BCUT2D eigenvalue weighted by Gasteiger charge is 2.13. The largest absolute Gasteiger partial charge is 0.382 e. The average Bonchev–Trinajstić information content (AvgIpc) is 2.30. The summed E-state index contributed by atoms with van der Waals surface area (Å²) in [5.41, 5.74) is 4.32. The monoisotopic (exact) mass is 218 g/mol. The van der Waals surface area contributed by atoms with Gasteiger partial charge in [-0.1, -0.05) is 25.5 Å². The minimum Gasteiger partial charge on any atom is -0.382 e. The number of hydrogen-bond donors (Lipinski definition) is 2. The van der Waals surface area contributed by atoms with Crippen molar-refractivity contribution in [2.24, 2.45) is 0 Å². The normalized spacial score (nSPS) is 16.6. The van der Waals surface area contributed by atoms with Gasteiger partial charge in [0.1, 0.15) is 0 Å². The predicted octanol–water partition coefficient (Wildman–Crippen LogP) is 2.93. The summed E-state index contributed by atoms with van der Waals surface area (Å²) in [4.78, 5) is 0. The first-order valence-electron chi connectivity index (χ1n) is 6.39. The van der Waals surface area contributed by atoms with Crippen molar-refractivity contribution in [2.75, 3.05) is 11.9 Å². The maximum absolute atomic E-state index is 3.64. The molecule has 2 nitrogen and oxygen atoms in total. The summed E-state index contributed by atoms with van der Waals surface area (Å²) in [6, 6.07) is 7.19. The lowest BCUT2D eigenvalue weighted by atomic mass is 9.98. The van der Waals surface area contributed by atoms with E-state index in [1.165, 1.54) is 29.7 Å². The molecule has 16 heavy (non-hydrogen) atoms. The van der Waals surface area contributed by atoms with Gasteiger partial charge in [0.05, 0.1) is 0 Å². The molecule has 0 amide bonds. The second kappa shape index (κ2) is 5.35. The van der Waals surface area contributed by atoms with Crippen LogP contribution >= 0.6 is 0 Å². The van der Waals surface area contributed by atoms with Crippen LogP contribution in [-0.2, 0) is 13.0 Å². The molecule has 0 aliphatic carbocycles. The van der Waals surface area contributed by atoms with Crippen LogP contribution in [0.2, 0.25) is 0 Å². The summed E-state index contributed by atoms with van der Waals surface area (Å²) in [6.07, 6.45) is 3.63. The Hall–Kier alpha value is -1.02. The summed E-state index contributed by atoms with van der Waals surface area (Å²) in [5, 5.41) is 7.06. The fourth-order valence-corrected chi connectivity index (χ4v) is 2.44. The Balaban J connectivity index is 2.14. The molecule has 1 unspecified atom stereocenters. The van der Waals surface area contributed by atoms with Crippen molar-refractivity contribution in [3.63, 3.8) is 0 Å². The summed E-state index contributed by atoms with van der Waals surface area (Å²) in [5.74, 6) is 0. The third-order valence-electron chi connectivity index (χ3n) is 3.26. The molecule has 1 atom stereocenters. The molecule has 0 fully saturated rings. The molecule has 0 saturated carbocycles. The van der Waals surface area contributed by atoms with Crippen molar-refractivity contribution >= 4 is 5.69 Å². The topological polar surface area (TPSA) is 24.1 Å². The van der Waals surface area contributed by atoms with Crippen LogP contribution in [0.4, 0.5) is 5.69 Å². The van der Waals surface area contributed by atoms with Crippen LogP contribution in [0.1, 0.15) is 37.8 Å². The Morgan fingerprint density at radius 1 is 1.44 bits per heavy atom. The van der Waals surface area contributed by atoms with E-state index in [-0.39, 0.29) is 0 Å². The Kier molecular flexibility index (Phi) is 3.83. The lowest BCUT2D eigenvalue weighted by molar-refractivity contribution is 0.640. The van der Waals surface area contributed by atoms with Gasteiger partial charge in [0, 0.05) is 18.3 Å². The Morgan fingerprint density at radius 2 is 2.31 bits per heavy atom. The van der Waals surface area contributed by atoms with Crippen molar-refractivity contribution in [3.8, 4) is 0 Å². The zero-order chi connectivity index (χ0) is 11.4. The zero-order valence-electron chi connectivity index (χ0n) is 10.3. The second-order valence-corrected chi connectivity index (χ2v) is 4.70. The smallest absolute Gasteiger partial charge is 0.0378 e. The Morgan fingerprint density at radius 3 is 3.12 bits per heavy atom. The van der Waals surface area contributed by atoms with Gasteiger partial charge in [-0.3, -0.25) is 0 Å². The number of hydrogen-bond acceptors (Lipinski definition) is 2. The van der Waals surface area contributed by atoms with Crippen molar-refractivity contribution < 1.29 is 0 Å². The van der Waals surface area contributed by atoms with E-state index in [4.69, 9.17) is 0 Å². The van der Waals surface area contributed by atoms with E-state index in [1.54, 1.807) is 0 Å². The molecule has 88 valence electrons. The lowest BCUT2D eigenvalue weighted by Gasteiger charge is -2.23. The first-order chi connectivity index (χ1) is 7.81. The molecule has 0 saturated heterocycles. The molecule has 2 N–H and O–H groups in total. The molecule has 0 spiro atoms. The molecule has 0 bridgehead atoms. The van der Waals surface area contributed by atoms with Crippen LogP contribution in [0.5, 0.6) is 0 Å². The summed E-state index contributed by atoms with van der Waals surface area (Å²) >= 11 is 0. The third kappa shape index (κ3) is 2.56. The average molecular weight is 218 g/mol. The van der Waals surface area contributed by atoms with Gasteiger partial charge in [0.25, 0.3) is 0 Å². The van der Waals surface area contributed by atoms with Crippen LogP contribution < -0.4 is 10.6 Å². The molecule has 1 aromatic carbocycles. The van der Waals surface area contributed by atoms with E-state index in [0.29, 0.717) is 6.04 Å². The summed E-state index contributed by atoms with van der Waals surface area (Å²) in [6.45, 7) is 6.63. The van der Waals surface area contributed by atoms with Crippen molar-refractivity contribution in [1.29, 1.82) is 0 Å². The lowest BCUT2D eigenvalue weighted by Crippen LogP contribution is -2.25. The van der Waals surface area contributed by atoms with Gasteiger partial charge < -0.3 is 10.6 Å².